The van der Waals surface area contributed by atoms with Crippen molar-refractivity contribution < 1.29 is 26.5 Å². The third kappa shape index (κ3) is 8.35. The van der Waals surface area contributed by atoms with Gasteiger partial charge in [0.25, 0.3) is 16.0 Å². The molecule has 7 nitrogen and oxygen atoms in total. The molecule has 1 aromatic heterocycles. The molecule has 0 aliphatic carbocycles. The molecular weight excluding hydrogens is 638 g/mol. The van der Waals surface area contributed by atoms with Crippen LogP contribution in [0.3, 0.4) is 0 Å². The molecule has 42 heavy (non-hydrogen) atoms. The van der Waals surface area contributed by atoms with Crippen molar-refractivity contribution in [3.8, 4) is 5.69 Å². The molecule has 0 aliphatic rings. The Kier molecular flexibility index (Phi) is 11.7. The Hall–Kier alpha value is -1.96. The minimum absolute atomic E-state index is 0. The van der Waals surface area contributed by atoms with E-state index in [0.29, 0.717) is 26.5 Å². The predicted molar refractivity (Wildman–Crippen MR) is 163 cm³/mol. The molecule has 4 rings (SSSR count). The van der Waals surface area contributed by atoms with Crippen LogP contribution in [0.5, 0.6) is 0 Å². The van der Waals surface area contributed by atoms with Gasteiger partial charge >= 0.3 is 0 Å². The number of imidazole rings is 1. The number of amides is 1. The summed E-state index contributed by atoms with van der Waals surface area (Å²) in [5.41, 5.74) is 2.02. The van der Waals surface area contributed by atoms with Crippen molar-refractivity contribution in [2.75, 3.05) is 12.3 Å². The van der Waals surface area contributed by atoms with Crippen LogP contribution in [0.2, 0.25) is 10.0 Å². The van der Waals surface area contributed by atoms with Crippen molar-refractivity contribution in [2.45, 2.75) is 30.2 Å². The van der Waals surface area contributed by atoms with Crippen LogP contribution in [0.25, 0.3) is 5.69 Å². The first-order chi connectivity index (χ1) is 19.3. The van der Waals surface area contributed by atoms with Gasteiger partial charge in [-0.15, -0.1) is 0 Å². The van der Waals surface area contributed by atoms with Crippen molar-refractivity contribution in [1.82, 2.24) is 14.9 Å². The van der Waals surface area contributed by atoms with Crippen molar-refractivity contribution in [2.24, 2.45) is 0 Å². The molecule has 1 amide bonds. The zero-order chi connectivity index (χ0) is 29.9. The minimum Gasteiger partial charge on any atom is -0.351 e. The standard InChI is InChI=1S/C28H25Cl2F2N3O4S2.Na/c1-28(2,19-5-10-22(29)23(30)14-19)25-15-34-27(35(25)21-8-6-20(31)7-9-21)40-16-18-4-3-17(13-24(18)32)26(36)33-11-12-41(37,38)39;/h3-10,13-15H,11-12,16H2,1-2H3,(H,33,36)(H,37,38,39);. The Morgan fingerprint density at radius 3 is 2.36 bits per heavy atom. The number of hydrogen-bond donors (Lipinski definition) is 2. The molecule has 0 saturated carbocycles. The summed E-state index contributed by atoms with van der Waals surface area (Å²) in [7, 11) is -4.23. The summed E-state index contributed by atoms with van der Waals surface area (Å²) in [6.45, 7) is 3.68. The summed E-state index contributed by atoms with van der Waals surface area (Å²) in [5, 5.41) is 3.69. The van der Waals surface area contributed by atoms with Gasteiger partial charge in [0.2, 0.25) is 0 Å². The Balaban J connectivity index is 0.00000484. The summed E-state index contributed by atoms with van der Waals surface area (Å²) >= 11 is 13.7. The van der Waals surface area contributed by atoms with E-state index in [-0.39, 0.29) is 47.4 Å². The van der Waals surface area contributed by atoms with Gasteiger partial charge in [-0.1, -0.05) is 60.9 Å². The fourth-order valence-corrected chi connectivity index (χ4v) is 5.73. The van der Waals surface area contributed by atoms with Gasteiger partial charge in [-0.05, 0) is 59.7 Å². The van der Waals surface area contributed by atoms with Crippen LogP contribution < -0.4 is 5.32 Å². The van der Waals surface area contributed by atoms with Crippen molar-refractivity contribution in [3.05, 3.63) is 111 Å². The number of thioether (sulfide) groups is 1. The van der Waals surface area contributed by atoms with Gasteiger partial charge < -0.3 is 5.32 Å². The number of hydrogen-bond acceptors (Lipinski definition) is 5. The number of halogens is 4. The van der Waals surface area contributed by atoms with Gasteiger partial charge in [-0.2, -0.15) is 8.42 Å². The van der Waals surface area contributed by atoms with E-state index in [2.05, 4.69) is 10.3 Å². The number of rotatable bonds is 10. The third-order valence-electron chi connectivity index (χ3n) is 6.41. The largest absolute Gasteiger partial charge is 0.351 e. The van der Waals surface area contributed by atoms with Gasteiger partial charge in [0.1, 0.15) is 11.6 Å². The third-order valence-corrected chi connectivity index (χ3v) is 8.87. The van der Waals surface area contributed by atoms with E-state index >= 15 is 0 Å². The van der Waals surface area contributed by atoms with Gasteiger partial charge in [0.05, 0.1) is 27.7 Å². The number of benzene rings is 3. The van der Waals surface area contributed by atoms with Crippen molar-refractivity contribution >= 4 is 80.5 Å². The van der Waals surface area contributed by atoms with Crippen molar-refractivity contribution in [3.63, 3.8) is 0 Å². The zero-order valence-corrected chi connectivity index (χ0v) is 28.0. The van der Waals surface area contributed by atoms with Gasteiger partial charge in [-0.3, -0.25) is 13.9 Å². The van der Waals surface area contributed by atoms with E-state index in [1.165, 1.54) is 36.0 Å². The minimum atomic E-state index is -4.23. The van der Waals surface area contributed by atoms with E-state index in [4.69, 9.17) is 27.8 Å². The molecule has 0 spiro atoms. The number of carbonyl (C=O) groups excluding carboxylic acids is 1. The first-order valence-corrected chi connectivity index (χ1v) is 15.6. The molecule has 14 heteroatoms. The SMILES string of the molecule is CC(C)(c1ccc(Cl)c(Cl)c1)c1cnc(SCc2ccc(C(=O)NCCS(=O)(=O)O)cc2F)n1-c1ccc(F)cc1.[Na]. The molecule has 0 saturated heterocycles. The average molecular weight is 664 g/mol. The van der Waals surface area contributed by atoms with Crippen LogP contribution in [-0.4, -0.2) is 70.3 Å². The van der Waals surface area contributed by atoms with E-state index in [9.17, 15) is 22.0 Å². The monoisotopic (exact) mass is 662 g/mol. The van der Waals surface area contributed by atoms with Crippen LogP contribution in [0.4, 0.5) is 8.78 Å². The van der Waals surface area contributed by atoms with Gasteiger partial charge in [0.15, 0.2) is 5.16 Å². The topological polar surface area (TPSA) is 101 Å². The first kappa shape index (κ1) is 34.5. The van der Waals surface area contributed by atoms with E-state index < -0.39 is 38.8 Å². The molecule has 3 aromatic carbocycles. The smallest absolute Gasteiger partial charge is 0.266 e. The van der Waals surface area contributed by atoms with Gasteiger partial charge in [-0.25, -0.2) is 13.8 Å². The van der Waals surface area contributed by atoms with Crippen molar-refractivity contribution in [1.29, 1.82) is 0 Å². The van der Waals surface area contributed by atoms with E-state index in [0.717, 1.165) is 17.3 Å². The fraction of sp³-hybridized carbons (Fsp3) is 0.214. The average Bonchev–Trinajstić information content (AvgIpc) is 3.34. The number of aromatic nitrogens is 2. The van der Waals surface area contributed by atoms with Crippen LogP contribution in [0.1, 0.15) is 41.0 Å². The summed E-state index contributed by atoms with van der Waals surface area (Å²) in [4.78, 5) is 16.8. The molecule has 1 radical (unpaired) electrons. The molecule has 1 heterocycles. The number of nitrogens with one attached hydrogen (secondary N) is 1. The predicted octanol–water partition coefficient (Wildman–Crippen LogP) is 6.31. The number of carbonyl (C=O) groups is 1. The Bertz CT molecular complexity index is 1700. The molecule has 0 bridgehead atoms. The van der Waals surface area contributed by atoms with Crippen LogP contribution >= 0.6 is 35.0 Å². The summed E-state index contributed by atoms with van der Waals surface area (Å²) < 4.78 is 61.0. The Labute approximate surface area is 279 Å². The van der Waals surface area contributed by atoms with E-state index in [1.54, 1.807) is 30.5 Å². The van der Waals surface area contributed by atoms with Crippen LogP contribution in [-0.2, 0) is 21.3 Å². The van der Waals surface area contributed by atoms with Gasteiger partial charge in [0, 0.05) is 58.5 Å². The molecule has 4 aromatic rings. The molecule has 0 aliphatic heterocycles. The number of nitrogens with zero attached hydrogens (tertiary/aromatic N) is 2. The maximum atomic E-state index is 15.0. The summed E-state index contributed by atoms with van der Waals surface area (Å²) in [5.74, 6) is -2.18. The molecule has 2 N–H and O–H groups in total. The molecule has 0 atom stereocenters. The maximum Gasteiger partial charge on any atom is 0.266 e. The summed E-state index contributed by atoms with van der Waals surface area (Å²) in [6.07, 6.45) is 1.71. The zero-order valence-electron chi connectivity index (χ0n) is 22.9. The Morgan fingerprint density at radius 2 is 1.74 bits per heavy atom. The molecular formula is C28H25Cl2F2N3NaO4S2. The second-order valence-corrected chi connectivity index (χ2v) is 13.0. The quantitative estimate of drug-likeness (QED) is 0.117. The summed E-state index contributed by atoms with van der Waals surface area (Å²) in [6, 6.07) is 15.3. The second kappa shape index (κ2) is 14.2. The molecule has 0 fully saturated rings. The molecule has 0 unspecified atom stereocenters. The van der Waals surface area contributed by atoms with E-state index in [1.807, 2.05) is 24.5 Å². The first-order valence-electron chi connectivity index (χ1n) is 12.2. The normalized spacial score (nSPS) is 11.7. The Morgan fingerprint density at radius 1 is 1.05 bits per heavy atom. The molecule has 217 valence electrons. The second-order valence-electron chi connectivity index (χ2n) is 9.63. The van der Waals surface area contributed by atoms with Crippen LogP contribution in [0, 0.1) is 11.6 Å². The maximum absolute atomic E-state index is 15.0. The fourth-order valence-electron chi connectivity index (χ4n) is 4.09. The van der Waals surface area contributed by atoms with Crippen LogP contribution in [0.15, 0.2) is 72.0 Å².